The quantitative estimate of drug-likeness (QED) is 0.859. The van der Waals surface area contributed by atoms with E-state index in [-0.39, 0.29) is 11.1 Å². The van der Waals surface area contributed by atoms with Crippen LogP contribution < -0.4 is 11.1 Å². The minimum Gasteiger partial charge on any atom is -0.267 e. The van der Waals surface area contributed by atoms with Crippen LogP contribution in [0.4, 0.5) is 0 Å². The highest BCUT2D eigenvalue weighted by Crippen LogP contribution is 2.10. The summed E-state index contributed by atoms with van der Waals surface area (Å²) in [5, 5.41) is 4.55. The third-order valence-corrected chi connectivity index (χ3v) is 3.79. The molecule has 0 spiro atoms. The number of hydrogen-bond donors (Lipinski definition) is 1. The van der Waals surface area contributed by atoms with Crippen LogP contribution >= 0.6 is 15.9 Å². The van der Waals surface area contributed by atoms with Crippen molar-refractivity contribution in [1.29, 1.82) is 0 Å². The maximum atomic E-state index is 12.2. The van der Waals surface area contributed by atoms with Crippen molar-refractivity contribution in [1.82, 2.24) is 9.78 Å². The number of halogens is 1. The first-order chi connectivity index (χ1) is 9.13. The van der Waals surface area contributed by atoms with Gasteiger partial charge < -0.3 is 0 Å². The molecule has 1 heterocycles. The van der Waals surface area contributed by atoms with Gasteiger partial charge in [0.2, 0.25) is 0 Å². The highest BCUT2D eigenvalue weighted by atomic mass is 79.9. The molecule has 0 aliphatic carbocycles. The highest BCUT2D eigenvalue weighted by Gasteiger charge is 2.08. The Morgan fingerprint density at radius 3 is 2.58 bits per heavy atom. The van der Waals surface area contributed by atoms with Crippen molar-refractivity contribution < 1.29 is 0 Å². The molecule has 19 heavy (non-hydrogen) atoms. The molecular weight excluding hydrogens is 308 g/mol. The van der Waals surface area contributed by atoms with Gasteiger partial charge in [0.05, 0.1) is 10.8 Å². The Labute approximate surface area is 119 Å². The topological polar surface area (TPSA) is 54.9 Å². The minimum absolute atomic E-state index is 0.124. The molecule has 0 radical (unpaired) electrons. The van der Waals surface area contributed by atoms with E-state index in [1.807, 2.05) is 0 Å². The van der Waals surface area contributed by atoms with Gasteiger partial charge in [0.15, 0.2) is 0 Å². The second-order valence-electron chi connectivity index (χ2n) is 4.81. The number of nitrogens with one attached hydrogen (secondary N) is 1. The molecule has 0 fully saturated rings. The van der Waals surface area contributed by atoms with Crippen molar-refractivity contribution in [2.24, 2.45) is 5.92 Å². The van der Waals surface area contributed by atoms with Crippen LogP contribution in [0.3, 0.4) is 0 Å². The van der Waals surface area contributed by atoms with E-state index in [4.69, 9.17) is 0 Å². The zero-order chi connectivity index (χ0) is 13.8. The second kappa shape index (κ2) is 6.19. The Bertz CT molecular complexity index is 675. The number of benzene rings is 1. The second-order valence-corrected chi connectivity index (χ2v) is 5.61. The van der Waals surface area contributed by atoms with Crippen LogP contribution in [0.5, 0.6) is 0 Å². The number of aromatic nitrogens is 2. The maximum Gasteiger partial charge on any atom is 0.273 e. The largest absolute Gasteiger partial charge is 0.273 e. The summed E-state index contributed by atoms with van der Waals surface area (Å²) in [5.41, 5.74) is -0.329. The summed E-state index contributed by atoms with van der Waals surface area (Å²) in [6.07, 6.45) is 1.94. The van der Waals surface area contributed by atoms with E-state index in [1.54, 1.807) is 24.3 Å². The predicted octanol–water partition coefficient (Wildman–Crippen LogP) is 2.50. The zero-order valence-corrected chi connectivity index (χ0v) is 12.4. The van der Waals surface area contributed by atoms with E-state index >= 15 is 0 Å². The molecule has 0 bridgehead atoms. The van der Waals surface area contributed by atoms with Gasteiger partial charge in [-0.3, -0.25) is 14.7 Å². The van der Waals surface area contributed by atoms with E-state index in [2.05, 4.69) is 28.0 Å². The summed E-state index contributed by atoms with van der Waals surface area (Å²) in [6.45, 7) is 2.69. The Balaban J connectivity index is 2.32. The molecule has 0 aliphatic heterocycles. The van der Waals surface area contributed by atoms with Gasteiger partial charge in [-0.05, 0) is 30.9 Å². The number of fused-ring (bicyclic) bond motifs is 1. The molecule has 1 aromatic heterocycles. The minimum atomic E-state index is -0.205. The summed E-state index contributed by atoms with van der Waals surface area (Å²) in [4.78, 5) is 24.1. The fourth-order valence-electron chi connectivity index (χ4n) is 2.08. The van der Waals surface area contributed by atoms with Gasteiger partial charge in [-0.25, -0.2) is 4.68 Å². The zero-order valence-electron chi connectivity index (χ0n) is 10.9. The van der Waals surface area contributed by atoms with Crippen LogP contribution in [0, 0.1) is 5.92 Å². The summed E-state index contributed by atoms with van der Waals surface area (Å²) in [6, 6.07) is 6.92. The Hall–Kier alpha value is -1.36. The number of rotatable bonds is 5. The van der Waals surface area contributed by atoms with Crippen LogP contribution in [-0.4, -0.2) is 15.1 Å². The first kappa shape index (κ1) is 14.1. The van der Waals surface area contributed by atoms with Crippen molar-refractivity contribution >= 4 is 26.7 Å². The average molecular weight is 325 g/mol. The molecule has 0 saturated heterocycles. The summed E-state index contributed by atoms with van der Waals surface area (Å²) in [7, 11) is 0. The van der Waals surface area contributed by atoms with Crippen molar-refractivity contribution in [3.63, 3.8) is 0 Å². The first-order valence-electron chi connectivity index (χ1n) is 6.41. The first-order valence-corrected chi connectivity index (χ1v) is 7.53. The van der Waals surface area contributed by atoms with Crippen LogP contribution in [-0.2, 0) is 6.54 Å². The lowest BCUT2D eigenvalue weighted by Gasteiger charge is -2.11. The fraction of sp³-hybridized carbons (Fsp3) is 0.429. The van der Waals surface area contributed by atoms with E-state index < -0.39 is 0 Å². The standard InChI is InChI=1S/C14H17BrN2O2/c1-10(6-8-15)7-9-17-14(19)12-5-3-2-4-11(12)13(18)16-17/h2-5,10H,6-9H2,1H3,(H,16,18). The van der Waals surface area contributed by atoms with E-state index in [0.29, 0.717) is 23.2 Å². The number of H-pyrrole nitrogens is 1. The van der Waals surface area contributed by atoms with Gasteiger partial charge in [0.1, 0.15) is 0 Å². The van der Waals surface area contributed by atoms with Crippen molar-refractivity contribution in [2.45, 2.75) is 26.3 Å². The van der Waals surface area contributed by atoms with Gasteiger partial charge in [0.25, 0.3) is 11.1 Å². The Kier molecular flexibility index (Phi) is 4.58. The van der Waals surface area contributed by atoms with Crippen LogP contribution in [0.25, 0.3) is 10.8 Å². The predicted molar refractivity (Wildman–Crippen MR) is 81.0 cm³/mol. The van der Waals surface area contributed by atoms with Gasteiger partial charge in [-0.15, -0.1) is 0 Å². The van der Waals surface area contributed by atoms with Gasteiger partial charge in [-0.1, -0.05) is 35.0 Å². The lowest BCUT2D eigenvalue weighted by molar-refractivity contribution is 0.440. The van der Waals surface area contributed by atoms with Crippen molar-refractivity contribution in [3.05, 3.63) is 45.0 Å². The van der Waals surface area contributed by atoms with Gasteiger partial charge in [-0.2, -0.15) is 0 Å². The number of hydrogen-bond acceptors (Lipinski definition) is 2. The summed E-state index contributed by atoms with van der Waals surface area (Å²) in [5.74, 6) is 0.515. The lowest BCUT2D eigenvalue weighted by Crippen LogP contribution is -2.30. The SMILES string of the molecule is CC(CCBr)CCn1[nH]c(=O)c2ccccc2c1=O. The van der Waals surface area contributed by atoms with Gasteiger partial charge >= 0.3 is 0 Å². The van der Waals surface area contributed by atoms with E-state index in [0.717, 1.165) is 18.2 Å². The normalized spacial score (nSPS) is 12.7. The molecule has 0 saturated carbocycles. The third kappa shape index (κ3) is 3.15. The monoisotopic (exact) mass is 324 g/mol. The molecule has 1 unspecified atom stereocenters. The molecule has 1 atom stereocenters. The van der Waals surface area contributed by atoms with Crippen molar-refractivity contribution in [3.8, 4) is 0 Å². The molecule has 5 heteroatoms. The van der Waals surface area contributed by atoms with E-state index in [1.165, 1.54) is 4.68 Å². The Morgan fingerprint density at radius 1 is 1.21 bits per heavy atom. The summed E-state index contributed by atoms with van der Waals surface area (Å²) < 4.78 is 1.43. The average Bonchev–Trinajstić information content (AvgIpc) is 2.42. The molecule has 1 aromatic carbocycles. The number of nitrogens with zero attached hydrogens (tertiary/aromatic N) is 1. The van der Waals surface area contributed by atoms with Crippen LogP contribution in [0.2, 0.25) is 0 Å². The number of alkyl halides is 1. The molecule has 1 N–H and O–H groups in total. The van der Waals surface area contributed by atoms with E-state index in [9.17, 15) is 9.59 Å². The summed E-state index contributed by atoms with van der Waals surface area (Å²) >= 11 is 3.41. The Morgan fingerprint density at radius 2 is 1.89 bits per heavy atom. The van der Waals surface area contributed by atoms with Crippen molar-refractivity contribution in [2.75, 3.05) is 5.33 Å². The smallest absolute Gasteiger partial charge is 0.267 e. The maximum absolute atomic E-state index is 12.2. The molecule has 4 nitrogen and oxygen atoms in total. The highest BCUT2D eigenvalue weighted by molar-refractivity contribution is 9.09. The lowest BCUT2D eigenvalue weighted by atomic mass is 10.1. The molecule has 0 aliphatic rings. The fourth-order valence-corrected chi connectivity index (χ4v) is 2.87. The number of aryl methyl sites for hydroxylation is 1. The van der Waals surface area contributed by atoms with Gasteiger partial charge in [0, 0.05) is 11.9 Å². The molecule has 0 amide bonds. The number of aromatic amines is 1. The molecule has 102 valence electrons. The van der Waals surface area contributed by atoms with Crippen LogP contribution in [0.15, 0.2) is 33.9 Å². The molecule has 2 aromatic rings. The molecular formula is C14H17BrN2O2. The third-order valence-electron chi connectivity index (χ3n) is 3.33. The van der Waals surface area contributed by atoms with Crippen LogP contribution in [0.1, 0.15) is 19.8 Å². The molecule has 2 rings (SSSR count).